The Morgan fingerprint density at radius 2 is 1.70 bits per heavy atom. The molecule has 13 nitrogen and oxygen atoms in total. The SMILES string of the molecule is COc1ccn[14c](C(=O)N[C@H]2COC(=O)[C@H](Cc3ccccc3)[C@@H](OC(=O)C(C)C)[C@H](C)OC2=O)c1OCOC(=O)C(C)C. The van der Waals surface area contributed by atoms with Gasteiger partial charge in [0.2, 0.25) is 6.79 Å². The third-order valence-corrected chi connectivity index (χ3v) is 6.65. The number of nitrogens with one attached hydrogen (secondary N) is 1. The summed E-state index contributed by atoms with van der Waals surface area (Å²) in [5.41, 5.74) is 0.487. The number of carbonyl (C=O) groups excluding carboxylic acids is 5. The van der Waals surface area contributed by atoms with E-state index in [0.29, 0.717) is 0 Å². The summed E-state index contributed by atoms with van der Waals surface area (Å²) in [4.78, 5) is 68.5. The van der Waals surface area contributed by atoms with Crippen LogP contribution in [0.15, 0.2) is 42.6 Å². The van der Waals surface area contributed by atoms with Crippen LogP contribution in [-0.2, 0) is 44.5 Å². The van der Waals surface area contributed by atoms with Crippen molar-refractivity contribution in [1.29, 1.82) is 0 Å². The molecule has 1 amide bonds. The van der Waals surface area contributed by atoms with Crippen LogP contribution in [0.4, 0.5) is 0 Å². The van der Waals surface area contributed by atoms with Crippen molar-refractivity contribution in [3.05, 3.63) is 53.9 Å². The molecule has 3 rings (SSSR count). The molecule has 1 aromatic heterocycles. The lowest BCUT2D eigenvalue weighted by molar-refractivity contribution is -0.176. The van der Waals surface area contributed by atoms with Gasteiger partial charge in [0.15, 0.2) is 29.3 Å². The van der Waals surface area contributed by atoms with E-state index in [0.717, 1.165) is 5.56 Å². The molecule has 1 fully saturated rings. The summed E-state index contributed by atoms with van der Waals surface area (Å²) in [5.74, 6) is -5.61. The third-order valence-electron chi connectivity index (χ3n) is 6.65. The molecular weight excluding hydrogens is 578 g/mol. The van der Waals surface area contributed by atoms with E-state index in [1.807, 2.05) is 18.2 Å². The number of hydrogen-bond acceptors (Lipinski definition) is 12. The summed E-state index contributed by atoms with van der Waals surface area (Å²) >= 11 is 0. The summed E-state index contributed by atoms with van der Waals surface area (Å²) in [6.07, 6.45) is -0.811. The minimum Gasteiger partial charge on any atom is -0.493 e. The Labute approximate surface area is 255 Å². The van der Waals surface area contributed by atoms with Gasteiger partial charge in [-0.05, 0) is 18.9 Å². The van der Waals surface area contributed by atoms with Gasteiger partial charge in [-0.3, -0.25) is 19.2 Å². The molecule has 238 valence electrons. The van der Waals surface area contributed by atoms with Gasteiger partial charge in [0.1, 0.15) is 18.6 Å². The maximum Gasteiger partial charge on any atom is 0.332 e. The Hall–Kier alpha value is -4.68. The van der Waals surface area contributed by atoms with E-state index >= 15 is 0 Å². The lowest BCUT2D eigenvalue weighted by Gasteiger charge is -2.29. The summed E-state index contributed by atoms with van der Waals surface area (Å²) < 4.78 is 32.6. The number of hydrogen-bond donors (Lipinski definition) is 1. The summed E-state index contributed by atoms with van der Waals surface area (Å²) in [6.45, 7) is 6.98. The van der Waals surface area contributed by atoms with Crippen molar-refractivity contribution in [2.24, 2.45) is 17.8 Å². The molecule has 1 N–H and O–H groups in total. The zero-order chi connectivity index (χ0) is 32.4. The Balaban J connectivity index is 1.85. The van der Waals surface area contributed by atoms with E-state index in [1.165, 1.54) is 26.3 Å². The highest BCUT2D eigenvalue weighted by Crippen LogP contribution is 2.30. The number of aromatic nitrogens is 1. The number of benzene rings is 1. The molecule has 0 bridgehead atoms. The van der Waals surface area contributed by atoms with Gasteiger partial charge >= 0.3 is 23.9 Å². The zero-order valence-corrected chi connectivity index (χ0v) is 25.6. The minimum atomic E-state index is -1.45. The number of rotatable bonds is 11. The number of ether oxygens (including phenoxy) is 6. The molecule has 1 aliphatic rings. The summed E-state index contributed by atoms with van der Waals surface area (Å²) in [6, 6.07) is 9.03. The van der Waals surface area contributed by atoms with Crippen LogP contribution in [-0.4, -0.2) is 73.5 Å². The van der Waals surface area contributed by atoms with E-state index in [1.54, 1.807) is 39.8 Å². The molecule has 0 unspecified atom stereocenters. The Morgan fingerprint density at radius 1 is 1.02 bits per heavy atom. The van der Waals surface area contributed by atoms with Crippen LogP contribution in [0.1, 0.15) is 50.7 Å². The first-order valence-electron chi connectivity index (χ1n) is 14.2. The van der Waals surface area contributed by atoms with Gasteiger partial charge in [-0.25, -0.2) is 9.78 Å². The lowest BCUT2D eigenvalue weighted by Crippen LogP contribution is -2.47. The predicted octanol–water partition coefficient (Wildman–Crippen LogP) is 2.64. The van der Waals surface area contributed by atoms with Crippen molar-refractivity contribution in [3.8, 4) is 11.5 Å². The Bertz CT molecular complexity index is 1330. The smallest absolute Gasteiger partial charge is 0.332 e. The molecule has 2 aromatic rings. The van der Waals surface area contributed by atoms with E-state index in [9.17, 15) is 24.0 Å². The fourth-order valence-corrected chi connectivity index (χ4v) is 4.18. The second kappa shape index (κ2) is 15.7. The predicted molar refractivity (Wildman–Crippen MR) is 153 cm³/mol. The molecule has 4 atom stereocenters. The number of nitrogens with zero attached hydrogens (tertiary/aromatic N) is 1. The van der Waals surface area contributed by atoms with Gasteiger partial charge in [0.25, 0.3) is 5.91 Å². The van der Waals surface area contributed by atoms with Gasteiger partial charge in [-0.15, -0.1) is 0 Å². The van der Waals surface area contributed by atoms with Gasteiger partial charge in [-0.2, -0.15) is 0 Å². The number of carbonyl (C=O) groups is 5. The average molecular weight is 617 g/mol. The van der Waals surface area contributed by atoms with Crippen molar-refractivity contribution in [2.45, 2.75) is 59.3 Å². The molecular formula is C31H38N2O11. The van der Waals surface area contributed by atoms with Crippen molar-refractivity contribution < 1.29 is 52.4 Å². The molecule has 0 aliphatic carbocycles. The molecule has 1 aromatic carbocycles. The first-order chi connectivity index (χ1) is 20.9. The highest BCUT2D eigenvalue weighted by Gasteiger charge is 2.42. The normalized spacial score (nSPS) is 20.4. The van der Waals surface area contributed by atoms with Gasteiger partial charge in [-0.1, -0.05) is 58.0 Å². The van der Waals surface area contributed by atoms with Crippen LogP contribution in [0.2, 0.25) is 0 Å². The molecule has 1 aliphatic heterocycles. The van der Waals surface area contributed by atoms with E-state index in [4.69, 9.17) is 28.4 Å². The lowest BCUT2D eigenvalue weighted by atomic mass is 9.91. The molecule has 2 heterocycles. The van der Waals surface area contributed by atoms with E-state index in [-0.39, 0.29) is 23.6 Å². The Kier molecular flexibility index (Phi) is 12.1. The number of esters is 4. The largest absolute Gasteiger partial charge is 0.493 e. The second-order valence-corrected chi connectivity index (χ2v) is 10.7. The monoisotopic (exact) mass is 616 g/mol. The maximum atomic E-state index is 13.4. The summed E-state index contributed by atoms with van der Waals surface area (Å²) in [5, 5.41) is 2.46. The van der Waals surface area contributed by atoms with Crippen LogP contribution in [0, 0.1) is 17.8 Å². The maximum absolute atomic E-state index is 13.4. The highest BCUT2D eigenvalue weighted by atomic mass is 16.7. The topological polar surface area (TPSA) is 166 Å². The van der Waals surface area contributed by atoms with Crippen LogP contribution in [0.25, 0.3) is 0 Å². The standard InChI is InChI=1S/C31H38N2O11/c1-17(2)28(35)42-16-41-26-23(39-6)12-13-32-24(26)27(34)33-22-15-40-30(37)21(14-20-10-8-7-9-11-20)25(19(5)43-31(22)38)44-29(36)18(3)4/h7-13,17-19,21-22,25H,14-16H2,1-6H3,(H,33,34)/t19-,21+,22-,25-/m0/s1/i24+2. The zero-order valence-electron chi connectivity index (χ0n) is 25.6. The fourth-order valence-electron chi connectivity index (χ4n) is 4.18. The van der Waals surface area contributed by atoms with Crippen molar-refractivity contribution in [2.75, 3.05) is 20.5 Å². The fraction of sp³-hybridized carbons (Fsp3) is 0.484. The molecule has 0 spiro atoms. The molecule has 0 radical (unpaired) electrons. The quantitative estimate of drug-likeness (QED) is 0.223. The summed E-state index contributed by atoms with van der Waals surface area (Å²) in [7, 11) is 1.34. The van der Waals surface area contributed by atoms with Crippen LogP contribution < -0.4 is 14.8 Å². The number of cyclic esters (lactones) is 2. The first-order valence-corrected chi connectivity index (χ1v) is 14.2. The minimum absolute atomic E-state index is 0.112. The van der Waals surface area contributed by atoms with Gasteiger partial charge < -0.3 is 33.7 Å². The molecule has 44 heavy (non-hydrogen) atoms. The average Bonchev–Trinajstić information content (AvgIpc) is 3.03. The molecule has 0 saturated carbocycles. The van der Waals surface area contributed by atoms with E-state index < -0.39 is 79.2 Å². The van der Waals surface area contributed by atoms with Crippen LogP contribution >= 0.6 is 0 Å². The van der Waals surface area contributed by atoms with Crippen molar-refractivity contribution >= 4 is 29.8 Å². The number of pyridine rings is 1. The first kappa shape index (κ1) is 33.8. The third kappa shape index (κ3) is 8.91. The number of methoxy groups -OCH3 is 1. The molecule has 1 saturated heterocycles. The molecule has 13 heteroatoms. The van der Waals surface area contributed by atoms with Crippen LogP contribution in [0.3, 0.4) is 0 Å². The van der Waals surface area contributed by atoms with Crippen molar-refractivity contribution in [1.82, 2.24) is 10.3 Å². The number of amides is 1. The van der Waals surface area contributed by atoms with Gasteiger partial charge in [0, 0.05) is 12.3 Å². The van der Waals surface area contributed by atoms with Crippen molar-refractivity contribution in [3.63, 3.8) is 0 Å². The van der Waals surface area contributed by atoms with Crippen LogP contribution in [0.5, 0.6) is 11.5 Å². The van der Waals surface area contributed by atoms with E-state index in [2.05, 4.69) is 10.3 Å². The van der Waals surface area contributed by atoms with Gasteiger partial charge in [0.05, 0.1) is 18.9 Å². The second-order valence-electron chi connectivity index (χ2n) is 10.7. The highest BCUT2D eigenvalue weighted by molar-refractivity contribution is 5.98. The Morgan fingerprint density at radius 3 is 2.34 bits per heavy atom.